The van der Waals surface area contributed by atoms with Crippen LogP contribution in [0.2, 0.25) is 0 Å². The lowest BCUT2D eigenvalue weighted by Gasteiger charge is -2.08. The highest BCUT2D eigenvalue weighted by Crippen LogP contribution is 2.16. The van der Waals surface area contributed by atoms with Gasteiger partial charge in [-0.15, -0.1) is 0 Å². The average Bonchev–Trinajstić information content (AvgIpc) is 2.24. The molecule has 0 fully saturated rings. The Morgan fingerprint density at radius 2 is 2.07 bits per heavy atom. The zero-order valence-corrected chi connectivity index (χ0v) is 9.12. The first-order chi connectivity index (χ1) is 6.88. The number of aryl methyl sites for hydroxylation is 1. The van der Waals surface area contributed by atoms with E-state index in [-0.39, 0.29) is 7.43 Å². The second-order valence-electron chi connectivity index (χ2n) is 3.42. The molecule has 0 saturated carbocycles. The number of aromatic nitrogens is 1. The second-order valence-corrected chi connectivity index (χ2v) is 3.42. The quantitative estimate of drug-likeness (QED) is 0.710. The third kappa shape index (κ3) is 4.82. The monoisotopic (exact) mass is 209 g/mol. The van der Waals surface area contributed by atoms with E-state index >= 15 is 0 Å². The predicted octanol–water partition coefficient (Wildman–Crippen LogP) is 3.85. The molecular formula is C13H23NO. The van der Waals surface area contributed by atoms with Crippen molar-refractivity contribution >= 4 is 0 Å². The van der Waals surface area contributed by atoms with Crippen LogP contribution in [-0.2, 0) is 6.42 Å². The van der Waals surface area contributed by atoms with Gasteiger partial charge in [0.2, 0.25) is 5.88 Å². The molecule has 0 atom stereocenters. The van der Waals surface area contributed by atoms with Crippen molar-refractivity contribution in [3.63, 3.8) is 0 Å². The van der Waals surface area contributed by atoms with E-state index in [9.17, 15) is 0 Å². The van der Waals surface area contributed by atoms with Gasteiger partial charge >= 0.3 is 0 Å². The van der Waals surface area contributed by atoms with E-state index in [4.69, 9.17) is 4.74 Å². The van der Waals surface area contributed by atoms with Crippen LogP contribution in [0.15, 0.2) is 18.3 Å². The van der Waals surface area contributed by atoms with E-state index in [2.05, 4.69) is 24.9 Å². The summed E-state index contributed by atoms with van der Waals surface area (Å²) in [5, 5.41) is 0. The summed E-state index contributed by atoms with van der Waals surface area (Å²) in [6, 6.07) is 4.08. The minimum Gasteiger partial charge on any atom is -0.477 e. The van der Waals surface area contributed by atoms with Crippen molar-refractivity contribution in [3.8, 4) is 5.88 Å². The molecule has 1 heterocycles. The summed E-state index contributed by atoms with van der Waals surface area (Å²) < 4.78 is 5.57. The van der Waals surface area contributed by atoms with Gasteiger partial charge in [-0.2, -0.15) is 0 Å². The van der Waals surface area contributed by atoms with Gasteiger partial charge in [-0.3, -0.25) is 0 Å². The van der Waals surface area contributed by atoms with Crippen molar-refractivity contribution in [2.45, 2.75) is 47.0 Å². The molecular weight excluding hydrogens is 186 g/mol. The van der Waals surface area contributed by atoms with Gasteiger partial charge < -0.3 is 4.74 Å². The van der Waals surface area contributed by atoms with Gasteiger partial charge in [-0.05, 0) is 25.3 Å². The van der Waals surface area contributed by atoms with E-state index < -0.39 is 0 Å². The van der Waals surface area contributed by atoms with Crippen molar-refractivity contribution in [2.24, 2.45) is 0 Å². The van der Waals surface area contributed by atoms with Gasteiger partial charge in [0.05, 0.1) is 6.61 Å². The van der Waals surface area contributed by atoms with E-state index in [1.165, 1.54) is 18.4 Å². The molecule has 1 rings (SSSR count). The molecule has 0 N–H and O–H groups in total. The first-order valence-corrected chi connectivity index (χ1v) is 5.45. The Bertz CT molecular complexity index is 233. The molecule has 0 aliphatic heterocycles. The van der Waals surface area contributed by atoms with Gasteiger partial charge in [0.1, 0.15) is 0 Å². The lowest BCUT2D eigenvalue weighted by Crippen LogP contribution is -2.00. The minimum atomic E-state index is 0. The fourth-order valence-electron chi connectivity index (χ4n) is 1.31. The Balaban J connectivity index is 0.00000196. The van der Waals surface area contributed by atoms with Crippen LogP contribution in [-0.4, -0.2) is 11.6 Å². The highest BCUT2D eigenvalue weighted by Gasteiger charge is 2.02. The summed E-state index contributed by atoms with van der Waals surface area (Å²) in [4.78, 5) is 4.25. The molecule has 86 valence electrons. The molecule has 2 nitrogen and oxygen atoms in total. The summed E-state index contributed by atoms with van der Waals surface area (Å²) in [7, 11) is 0. The van der Waals surface area contributed by atoms with Crippen LogP contribution >= 0.6 is 0 Å². The fraction of sp³-hybridized carbons (Fsp3) is 0.615. The maximum Gasteiger partial charge on any atom is 0.216 e. The van der Waals surface area contributed by atoms with Crippen LogP contribution in [0.1, 0.15) is 46.1 Å². The van der Waals surface area contributed by atoms with E-state index in [1.54, 1.807) is 6.20 Å². The molecule has 0 aromatic carbocycles. The van der Waals surface area contributed by atoms with Crippen molar-refractivity contribution < 1.29 is 4.74 Å². The predicted molar refractivity (Wildman–Crippen MR) is 65.4 cm³/mol. The number of nitrogens with zero attached hydrogens (tertiary/aromatic N) is 1. The van der Waals surface area contributed by atoms with Crippen molar-refractivity contribution in [3.05, 3.63) is 23.9 Å². The normalized spacial score (nSPS) is 9.47. The van der Waals surface area contributed by atoms with Gasteiger partial charge in [-0.25, -0.2) is 4.98 Å². The first kappa shape index (κ1) is 13.9. The Kier molecular flexibility index (Phi) is 7.69. The Hall–Kier alpha value is -1.05. The molecule has 2 heteroatoms. The molecule has 0 radical (unpaired) electrons. The Labute approximate surface area is 93.7 Å². The fourth-order valence-corrected chi connectivity index (χ4v) is 1.31. The van der Waals surface area contributed by atoms with Crippen molar-refractivity contribution in [1.82, 2.24) is 4.98 Å². The van der Waals surface area contributed by atoms with Crippen molar-refractivity contribution in [1.29, 1.82) is 0 Å². The van der Waals surface area contributed by atoms with Gasteiger partial charge in [0.25, 0.3) is 0 Å². The summed E-state index contributed by atoms with van der Waals surface area (Å²) >= 11 is 0. The molecule has 0 aliphatic rings. The summed E-state index contributed by atoms with van der Waals surface area (Å²) in [5.74, 6) is 0.822. The molecule has 0 bridgehead atoms. The molecule has 0 amide bonds. The number of pyridine rings is 1. The van der Waals surface area contributed by atoms with E-state index in [0.29, 0.717) is 0 Å². The van der Waals surface area contributed by atoms with Crippen LogP contribution in [0.4, 0.5) is 0 Å². The molecule has 0 spiro atoms. The maximum absolute atomic E-state index is 5.57. The summed E-state index contributed by atoms with van der Waals surface area (Å²) in [6.07, 6.45) is 6.31. The summed E-state index contributed by atoms with van der Waals surface area (Å²) in [5.41, 5.74) is 1.24. The molecule has 15 heavy (non-hydrogen) atoms. The standard InChI is InChI=1S/C12H19NO.CH4/c1-3-5-7-11-8-6-9-13-12(11)14-10-4-2;/h6,8-9H,3-5,7,10H2,1-2H3;1H4. The lowest BCUT2D eigenvalue weighted by atomic mass is 10.1. The molecule has 1 aromatic heterocycles. The number of unbranched alkanes of at least 4 members (excludes halogenated alkanes) is 1. The van der Waals surface area contributed by atoms with Crippen LogP contribution in [0.3, 0.4) is 0 Å². The number of rotatable bonds is 6. The van der Waals surface area contributed by atoms with Crippen molar-refractivity contribution in [2.75, 3.05) is 6.61 Å². The van der Waals surface area contributed by atoms with E-state index in [1.807, 2.05) is 6.07 Å². The Morgan fingerprint density at radius 3 is 2.73 bits per heavy atom. The van der Waals surface area contributed by atoms with E-state index in [0.717, 1.165) is 25.3 Å². The zero-order chi connectivity index (χ0) is 10.2. The van der Waals surface area contributed by atoms with Gasteiger partial charge in [-0.1, -0.05) is 33.8 Å². The van der Waals surface area contributed by atoms with Gasteiger partial charge in [0.15, 0.2) is 0 Å². The van der Waals surface area contributed by atoms with Crippen LogP contribution in [0, 0.1) is 0 Å². The maximum atomic E-state index is 5.57. The smallest absolute Gasteiger partial charge is 0.216 e. The van der Waals surface area contributed by atoms with Crippen LogP contribution in [0.25, 0.3) is 0 Å². The minimum absolute atomic E-state index is 0. The lowest BCUT2D eigenvalue weighted by molar-refractivity contribution is 0.301. The topological polar surface area (TPSA) is 22.1 Å². The second kappa shape index (κ2) is 8.27. The third-order valence-electron chi connectivity index (χ3n) is 2.09. The van der Waals surface area contributed by atoms with Crippen LogP contribution in [0.5, 0.6) is 5.88 Å². The summed E-state index contributed by atoms with van der Waals surface area (Å²) in [6.45, 7) is 5.06. The molecule has 0 aliphatic carbocycles. The Morgan fingerprint density at radius 1 is 1.27 bits per heavy atom. The molecule has 0 unspecified atom stereocenters. The first-order valence-electron chi connectivity index (χ1n) is 5.45. The number of hydrogen-bond donors (Lipinski definition) is 0. The zero-order valence-electron chi connectivity index (χ0n) is 9.12. The van der Waals surface area contributed by atoms with Gasteiger partial charge in [0, 0.05) is 11.8 Å². The largest absolute Gasteiger partial charge is 0.477 e. The highest BCUT2D eigenvalue weighted by molar-refractivity contribution is 5.25. The van der Waals surface area contributed by atoms with Crippen LogP contribution < -0.4 is 4.74 Å². The highest BCUT2D eigenvalue weighted by atomic mass is 16.5. The molecule has 0 saturated heterocycles. The number of ether oxygens (including phenoxy) is 1. The number of hydrogen-bond acceptors (Lipinski definition) is 2. The SMILES string of the molecule is C.CCCCc1cccnc1OCCC. The molecule has 1 aromatic rings. The average molecular weight is 209 g/mol. The third-order valence-corrected chi connectivity index (χ3v) is 2.09.